The van der Waals surface area contributed by atoms with Gasteiger partial charge in [0.05, 0.1) is 13.1 Å². The van der Waals surface area contributed by atoms with E-state index in [1.54, 1.807) is 0 Å². The fourth-order valence-corrected chi connectivity index (χ4v) is 3.79. The van der Waals surface area contributed by atoms with E-state index in [2.05, 4.69) is 10.3 Å². The Balaban J connectivity index is 1.96. The van der Waals surface area contributed by atoms with Crippen LogP contribution in [0.15, 0.2) is 58.1 Å². The number of carbonyl (C=O) groups excluding carboxylic acids is 1. The minimum atomic E-state index is -0.668. The molecule has 174 valence electrons. The average Bonchev–Trinajstić information content (AvgIpc) is 2.79. The lowest BCUT2D eigenvalue weighted by atomic mass is 10.1. The normalized spacial score (nSPS) is 10.8. The molecule has 0 aliphatic rings. The molecule has 1 amide bonds. The molecular weight excluding hydrogens is 418 g/mol. The van der Waals surface area contributed by atoms with Gasteiger partial charge in [0.25, 0.3) is 5.56 Å². The Labute approximate surface area is 193 Å². The van der Waals surface area contributed by atoms with Gasteiger partial charge < -0.3 is 16.0 Å². The third kappa shape index (κ3) is 5.52. The number of carbonyl (C=O) groups is 1. The van der Waals surface area contributed by atoms with E-state index in [0.29, 0.717) is 13.0 Å². The molecule has 8 nitrogen and oxygen atoms in total. The number of nitrogen functional groups attached to an aromatic ring is 1. The lowest BCUT2D eigenvalue weighted by Gasteiger charge is -2.25. The predicted octanol–water partition coefficient (Wildman–Crippen LogP) is 3.03. The summed E-state index contributed by atoms with van der Waals surface area (Å²) in [6.45, 7) is 6.44. The van der Waals surface area contributed by atoms with E-state index in [4.69, 9.17) is 5.73 Å². The van der Waals surface area contributed by atoms with Crippen LogP contribution < -0.4 is 27.2 Å². The highest BCUT2D eigenvalue weighted by molar-refractivity contribution is 5.98. The molecule has 0 saturated carbocycles. The van der Waals surface area contributed by atoms with Gasteiger partial charge in [0.2, 0.25) is 5.91 Å². The Hall–Kier alpha value is -3.81. The SMILES string of the molecule is CCCCN(C(=O)CNc1c(C)cccc1C)c1c(N)n(Cc2ccccc2)c(=O)[nH]c1=O. The number of aryl methyl sites for hydroxylation is 2. The number of unbranched alkanes of at least 4 members (excludes halogenated alkanes) is 1. The summed E-state index contributed by atoms with van der Waals surface area (Å²) in [6, 6.07) is 15.2. The molecule has 0 saturated heterocycles. The highest BCUT2D eigenvalue weighted by atomic mass is 16.2. The number of anilines is 3. The maximum Gasteiger partial charge on any atom is 0.330 e. The van der Waals surface area contributed by atoms with Gasteiger partial charge in [-0.1, -0.05) is 61.9 Å². The molecule has 0 fully saturated rings. The van der Waals surface area contributed by atoms with E-state index in [9.17, 15) is 14.4 Å². The molecule has 0 aliphatic carbocycles. The quantitative estimate of drug-likeness (QED) is 0.465. The number of hydrogen-bond acceptors (Lipinski definition) is 5. The molecule has 1 aromatic heterocycles. The largest absolute Gasteiger partial charge is 0.383 e. The monoisotopic (exact) mass is 449 g/mol. The lowest BCUT2D eigenvalue weighted by Crippen LogP contribution is -2.43. The van der Waals surface area contributed by atoms with Crippen LogP contribution in [0.4, 0.5) is 17.2 Å². The number of nitrogens with zero attached hydrogens (tertiary/aromatic N) is 2. The van der Waals surface area contributed by atoms with Gasteiger partial charge in [-0.05, 0) is 37.0 Å². The molecular formula is C25H31N5O3. The van der Waals surface area contributed by atoms with Crippen LogP contribution in [0, 0.1) is 13.8 Å². The second-order valence-electron chi connectivity index (χ2n) is 8.08. The van der Waals surface area contributed by atoms with E-state index in [1.807, 2.05) is 69.3 Å². The number of benzene rings is 2. The maximum atomic E-state index is 13.3. The van der Waals surface area contributed by atoms with Crippen molar-refractivity contribution < 1.29 is 4.79 Å². The number of nitrogens with two attached hydrogens (primary N) is 1. The molecule has 0 aliphatic heterocycles. The van der Waals surface area contributed by atoms with Crippen molar-refractivity contribution in [1.29, 1.82) is 0 Å². The first-order chi connectivity index (χ1) is 15.8. The molecule has 0 unspecified atom stereocenters. The topological polar surface area (TPSA) is 113 Å². The molecule has 3 rings (SSSR count). The molecule has 0 radical (unpaired) electrons. The summed E-state index contributed by atoms with van der Waals surface area (Å²) in [4.78, 5) is 42.3. The number of para-hydroxylation sites is 1. The average molecular weight is 450 g/mol. The number of amides is 1. The van der Waals surface area contributed by atoms with Crippen molar-refractivity contribution in [3.8, 4) is 0 Å². The minimum absolute atomic E-state index is 0.00675. The van der Waals surface area contributed by atoms with Gasteiger partial charge in [-0.25, -0.2) is 4.79 Å². The van der Waals surface area contributed by atoms with Gasteiger partial charge in [0.1, 0.15) is 5.82 Å². The zero-order chi connectivity index (χ0) is 24.0. The fraction of sp³-hybridized carbons (Fsp3) is 0.320. The van der Waals surface area contributed by atoms with Crippen molar-refractivity contribution in [2.75, 3.05) is 29.0 Å². The lowest BCUT2D eigenvalue weighted by molar-refractivity contribution is -0.117. The van der Waals surface area contributed by atoms with Crippen LogP contribution in [0.2, 0.25) is 0 Å². The van der Waals surface area contributed by atoms with Crippen molar-refractivity contribution in [1.82, 2.24) is 9.55 Å². The van der Waals surface area contributed by atoms with Crippen LogP contribution in [0.3, 0.4) is 0 Å². The Bertz CT molecular complexity index is 1210. The zero-order valence-corrected chi connectivity index (χ0v) is 19.4. The standard InChI is InChI=1S/C25H31N5O3/c1-4-5-14-29(20(31)15-27-21-17(2)10-9-11-18(21)3)22-23(26)30(25(33)28-24(22)32)16-19-12-7-6-8-13-19/h6-13,27H,4-5,14-16,26H2,1-3H3,(H,28,32,33). The molecule has 2 aromatic carbocycles. The van der Waals surface area contributed by atoms with Crippen molar-refractivity contribution >= 4 is 23.1 Å². The predicted molar refractivity (Wildman–Crippen MR) is 133 cm³/mol. The molecule has 3 aromatic rings. The van der Waals surface area contributed by atoms with Crippen molar-refractivity contribution in [3.05, 3.63) is 86.1 Å². The first-order valence-corrected chi connectivity index (χ1v) is 11.1. The van der Waals surface area contributed by atoms with Crippen LogP contribution in [-0.4, -0.2) is 28.5 Å². The third-order valence-electron chi connectivity index (χ3n) is 5.60. The first-order valence-electron chi connectivity index (χ1n) is 11.1. The fourth-order valence-electron chi connectivity index (χ4n) is 3.79. The van der Waals surface area contributed by atoms with Gasteiger partial charge in [0.15, 0.2) is 5.69 Å². The van der Waals surface area contributed by atoms with E-state index < -0.39 is 11.2 Å². The van der Waals surface area contributed by atoms with E-state index in [-0.39, 0.29) is 30.5 Å². The van der Waals surface area contributed by atoms with E-state index in [1.165, 1.54) is 9.47 Å². The van der Waals surface area contributed by atoms with Crippen LogP contribution in [-0.2, 0) is 11.3 Å². The summed E-state index contributed by atoms with van der Waals surface area (Å²) in [7, 11) is 0. The third-order valence-corrected chi connectivity index (χ3v) is 5.60. The van der Waals surface area contributed by atoms with Crippen LogP contribution in [0.1, 0.15) is 36.5 Å². The van der Waals surface area contributed by atoms with Gasteiger partial charge >= 0.3 is 5.69 Å². The number of rotatable bonds is 9. The summed E-state index contributed by atoms with van der Waals surface area (Å²) in [6.07, 6.45) is 1.52. The summed E-state index contributed by atoms with van der Waals surface area (Å²) >= 11 is 0. The van der Waals surface area contributed by atoms with Crippen LogP contribution in [0.25, 0.3) is 0 Å². The van der Waals surface area contributed by atoms with Gasteiger partial charge in [-0.3, -0.25) is 19.1 Å². The number of hydrogen-bond donors (Lipinski definition) is 3. The second kappa shape index (κ2) is 10.7. The first kappa shape index (κ1) is 23.8. The molecule has 33 heavy (non-hydrogen) atoms. The van der Waals surface area contributed by atoms with Gasteiger partial charge in [-0.15, -0.1) is 0 Å². The molecule has 4 N–H and O–H groups in total. The number of aromatic nitrogens is 2. The van der Waals surface area contributed by atoms with Crippen molar-refractivity contribution in [3.63, 3.8) is 0 Å². The Morgan fingerprint density at radius 2 is 1.73 bits per heavy atom. The van der Waals surface area contributed by atoms with Gasteiger partial charge in [0, 0.05) is 12.2 Å². The highest BCUT2D eigenvalue weighted by Crippen LogP contribution is 2.21. The molecule has 0 bridgehead atoms. The summed E-state index contributed by atoms with van der Waals surface area (Å²) in [5.74, 6) is -0.322. The number of aromatic amines is 1. The summed E-state index contributed by atoms with van der Waals surface area (Å²) in [5.41, 5.74) is 8.85. The second-order valence-corrected chi connectivity index (χ2v) is 8.08. The number of nitrogens with one attached hydrogen (secondary N) is 2. The Morgan fingerprint density at radius 3 is 2.36 bits per heavy atom. The number of H-pyrrole nitrogens is 1. The molecule has 0 atom stereocenters. The Morgan fingerprint density at radius 1 is 1.06 bits per heavy atom. The summed E-state index contributed by atoms with van der Waals surface area (Å²) < 4.78 is 1.29. The van der Waals surface area contributed by atoms with Crippen LogP contribution >= 0.6 is 0 Å². The molecule has 0 spiro atoms. The molecule has 8 heteroatoms. The zero-order valence-electron chi connectivity index (χ0n) is 19.4. The summed E-state index contributed by atoms with van der Waals surface area (Å²) in [5, 5.41) is 3.20. The van der Waals surface area contributed by atoms with Crippen molar-refractivity contribution in [2.24, 2.45) is 0 Å². The minimum Gasteiger partial charge on any atom is -0.383 e. The Kier molecular flexibility index (Phi) is 7.71. The smallest absolute Gasteiger partial charge is 0.330 e. The van der Waals surface area contributed by atoms with Crippen LogP contribution in [0.5, 0.6) is 0 Å². The van der Waals surface area contributed by atoms with Crippen molar-refractivity contribution in [2.45, 2.75) is 40.2 Å². The maximum absolute atomic E-state index is 13.3. The van der Waals surface area contributed by atoms with E-state index >= 15 is 0 Å². The van der Waals surface area contributed by atoms with E-state index in [0.717, 1.165) is 28.8 Å². The molecule has 1 heterocycles. The highest BCUT2D eigenvalue weighted by Gasteiger charge is 2.24. The van der Waals surface area contributed by atoms with Gasteiger partial charge in [-0.2, -0.15) is 0 Å².